The molecule has 2 heterocycles. The smallest absolute Gasteiger partial charge is 0.150 e. The van der Waals surface area contributed by atoms with E-state index >= 15 is 0 Å². The standard InChI is InChI=1S/C14H22N6/c1-17(13-7-11-19(3)15-13)9-5-6-10-18(2)14-8-12-20(4)16-14/h5-8,11-12H,9-10H2,1-4H3/b6-5+. The van der Waals surface area contributed by atoms with Crippen molar-refractivity contribution in [2.45, 2.75) is 0 Å². The summed E-state index contributed by atoms with van der Waals surface area (Å²) >= 11 is 0. The summed E-state index contributed by atoms with van der Waals surface area (Å²) < 4.78 is 3.62. The molecule has 0 aromatic carbocycles. The minimum Gasteiger partial charge on any atom is -0.354 e. The lowest BCUT2D eigenvalue weighted by Gasteiger charge is -2.15. The zero-order valence-corrected chi connectivity index (χ0v) is 12.6. The Hall–Kier alpha value is -2.24. The SMILES string of the molecule is CN(C/C=C/CN(C)c1ccn(C)n1)c1ccn(C)n1. The van der Waals surface area contributed by atoms with Crippen LogP contribution in [0.5, 0.6) is 0 Å². The number of hydrogen-bond donors (Lipinski definition) is 0. The predicted molar refractivity (Wildman–Crippen MR) is 82.1 cm³/mol. The average Bonchev–Trinajstić information content (AvgIpc) is 3.03. The number of aryl methyl sites for hydroxylation is 2. The van der Waals surface area contributed by atoms with Gasteiger partial charge in [-0.05, 0) is 0 Å². The molecule has 0 N–H and O–H groups in total. The van der Waals surface area contributed by atoms with Crippen molar-refractivity contribution in [3.8, 4) is 0 Å². The van der Waals surface area contributed by atoms with Crippen LogP contribution in [0.3, 0.4) is 0 Å². The lowest BCUT2D eigenvalue weighted by atomic mass is 10.4. The minimum atomic E-state index is 0.840. The van der Waals surface area contributed by atoms with Crippen LogP contribution in [0.25, 0.3) is 0 Å². The van der Waals surface area contributed by atoms with Crippen LogP contribution in [0.15, 0.2) is 36.7 Å². The van der Waals surface area contributed by atoms with E-state index in [1.54, 1.807) is 0 Å². The molecule has 0 aliphatic rings. The van der Waals surface area contributed by atoms with E-state index in [9.17, 15) is 0 Å². The Bertz CT molecular complexity index is 517. The van der Waals surface area contributed by atoms with Crippen molar-refractivity contribution in [2.75, 3.05) is 37.0 Å². The van der Waals surface area contributed by atoms with Gasteiger partial charge in [0.05, 0.1) is 0 Å². The maximum atomic E-state index is 4.36. The van der Waals surface area contributed by atoms with Gasteiger partial charge in [-0.25, -0.2) is 0 Å². The molecule has 6 heteroatoms. The van der Waals surface area contributed by atoms with Crippen molar-refractivity contribution in [2.24, 2.45) is 14.1 Å². The summed E-state index contributed by atoms with van der Waals surface area (Å²) in [6.07, 6.45) is 8.19. The third-order valence-corrected chi connectivity index (χ3v) is 3.11. The second-order valence-corrected chi connectivity index (χ2v) is 4.93. The highest BCUT2D eigenvalue weighted by atomic mass is 15.3. The third kappa shape index (κ3) is 3.63. The maximum Gasteiger partial charge on any atom is 0.150 e. The Morgan fingerprint density at radius 3 is 1.60 bits per heavy atom. The number of nitrogens with zero attached hydrogens (tertiary/aromatic N) is 6. The van der Waals surface area contributed by atoms with Gasteiger partial charge in [-0.3, -0.25) is 9.36 Å². The predicted octanol–water partition coefficient (Wildman–Crippen LogP) is 1.28. The van der Waals surface area contributed by atoms with Gasteiger partial charge in [0, 0.05) is 65.8 Å². The lowest BCUT2D eigenvalue weighted by molar-refractivity contribution is 0.757. The van der Waals surface area contributed by atoms with E-state index in [1.165, 1.54) is 0 Å². The summed E-state index contributed by atoms with van der Waals surface area (Å²) in [6.45, 7) is 1.68. The monoisotopic (exact) mass is 274 g/mol. The Morgan fingerprint density at radius 2 is 1.30 bits per heavy atom. The van der Waals surface area contributed by atoms with E-state index in [4.69, 9.17) is 0 Å². The number of aromatic nitrogens is 4. The number of anilines is 2. The van der Waals surface area contributed by atoms with Crippen LogP contribution in [-0.2, 0) is 14.1 Å². The van der Waals surface area contributed by atoms with E-state index in [2.05, 4.69) is 32.1 Å². The van der Waals surface area contributed by atoms with Crippen LogP contribution in [0, 0.1) is 0 Å². The van der Waals surface area contributed by atoms with Crippen LogP contribution in [-0.4, -0.2) is 46.7 Å². The molecule has 0 saturated heterocycles. The second-order valence-electron chi connectivity index (χ2n) is 4.93. The Kier molecular flexibility index (Phi) is 4.45. The molecule has 0 unspecified atom stereocenters. The minimum absolute atomic E-state index is 0.840. The summed E-state index contributed by atoms with van der Waals surface area (Å²) in [7, 11) is 7.92. The number of likely N-dealkylation sites (N-methyl/N-ethyl adjacent to an activating group) is 2. The van der Waals surface area contributed by atoms with Crippen molar-refractivity contribution in [1.29, 1.82) is 0 Å². The normalized spacial score (nSPS) is 11.2. The molecule has 0 bridgehead atoms. The van der Waals surface area contributed by atoms with Gasteiger partial charge < -0.3 is 9.80 Å². The molecule has 0 spiro atoms. The molecule has 0 fully saturated rings. The first-order chi connectivity index (χ1) is 9.56. The zero-order valence-electron chi connectivity index (χ0n) is 12.6. The second kappa shape index (κ2) is 6.27. The van der Waals surface area contributed by atoms with E-state index < -0.39 is 0 Å². The summed E-state index contributed by atoms with van der Waals surface area (Å²) in [5.74, 6) is 1.96. The number of rotatable bonds is 6. The van der Waals surface area contributed by atoms with E-state index in [0.717, 1.165) is 24.7 Å². The van der Waals surface area contributed by atoms with Crippen LogP contribution in [0.4, 0.5) is 11.6 Å². The largest absolute Gasteiger partial charge is 0.354 e. The van der Waals surface area contributed by atoms with Gasteiger partial charge in [-0.1, -0.05) is 12.2 Å². The summed E-state index contributed by atoms with van der Waals surface area (Å²) in [5.41, 5.74) is 0. The summed E-state index contributed by atoms with van der Waals surface area (Å²) in [5, 5.41) is 8.72. The lowest BCUT2D eigenvalue weighted by Crippen LogP contribution is -2.20. The molecule has 0 saturated carbocycles. The van der Waals surface area contributed by atoms with Gasteiger partial charge >= 0.3 is 0 Å². The topological polar surface area (TPSA) is 42.1 Å². The van der Waals surface area contributed by atoms with Crippen molar-refractivity contribution in [3.63, 3.8) is 0 Å². The number of hydrogen-bond acceptors (Lipinski definition) is 4. The van der Waals surface area contributed by atoms with E-state index in [0.29, 0.717) is 0 Å². The van der Waals surface area contributed by atoms with Crippen LogP contribution in [0.1, 0.15) is 0 Å². The molecular weight excluding hydrogens is 252 g/mol. The molecule has 0 radical (unpaired) electrons. The molecular formula is C14H22N6. The molecule has 0 amide bonds. The van der Waals surface area contributed by atoms with Gasteiger partial charge in [0.15, 0.2) is 11.6 Å². The van der Waals surface area contributed by atoms with E-state index in [-0.39, 0.29) is 0 Å². The zero-order chi connectivity index (χ0) is 14.5. The fourth-order valence-corrected chi connectivity index (χ4v) is 1.87. The van der Waals surface area contributed by atoms with Crippen LogP contribution < -0.4 is 9.80 Å². The first kappa shape index (κ1) is 14.2. The highest BCUT2D eigenvalue weighted by molar-refractivity contribution is 5.38. The molecule has 2 aromatic heterocycles. The quantitative estimate of drug-likeness (QED) is 0.744. The van der Waals surface area contributed by atoms with Crippen molar-refractivity contribution < 1.29 is 0 Å². The molecule has 0 aliphatic heterocycles. The molecule has 6 nitrogen and oxygen atoms in total. The van der Waals surface area contributed by atoms with Crippen molar-refractivity contribution in [3.05, 3.63) is 36.7 Å². The fourth-order valence-electron chi connectivity index (χ4n) is 1.87. The summed E-state index contributed by atoms with van der Waals surface area (Å²) in [4.78, 5) is 4.22. The van der Waals surface area contributed by atoms with Gasteiger partial charge in [-0.15, -0.1) is 0 Å². The van der Waals surface area contributed by atoms with Crippen molar-refractivity contribution in [1.82, 2.24) is 19.6 Å². The fraction of sp³-hybridized carbons (Fsp3) is 0.429. The van der Waals surface area contributed by atoms with Crippen LogP contribution >= 0.6 is 0 Å². The van der Waals surface area contributed by atoms with Gasteiger partial charge in [0.1, 0.15) is 0 Å². The molecule has 108 valence electrons. The first-order valence-corrected chi connectivity index (χ1v) is 6.63. The Balaban J connectivity index is 1.79. The van der Waals surface area contributed by atoms with Gasteiger partial charge in [-0.2, -0.15) is 10.2 Å². The van der Waals surface area contributed by atoms with Gasteiger partial charge in [0.25, 0.3) is 0 Å². The van der Waals surface area contributed by atoms with Gasteiger partial charge in [0.2, 0.25) is 0 Å². The molecule has 20 heavy (non-hydrogen) atoms. The highest BCUT2D eigenvalue weighted by Crippen LogP contribution is 2.08. The van der Waals surface area contributed by atoms with E-state index in [1.807, 2.05) is 62.1 Å². The first-order valence-electron chi connectivity index (χ1n) is 6.63. The summed E-state index contributed by atoms with van der Waals surface area (Å²) in [6, 6.07) is 4.02. The van der Waals surface area contributed by atoms with Crippen LogP contribution in [0.2, 0.25) is 0 Å². The molecule has 0 atom stereocenters. The van der Waals surface area contributed by atoms with Crippen molar-refractivity contribution >= 4 is 11.6 Å². The molecule has 0 aliphatic carbocycles. The maximum absolute atomic E-state index is 4.36. The molecule has 2 rings (SSSR count). The average molecular weight is 274 g/mol. The Morgan fingerprint density at radius 1 is 0.900 bits per heavy atom. The third-order valence-electron chi connectivity index (χ3n) is 3.11. The molecule has 2 aromatic rings. The highest BCUT2D eigenvalue weighted by Gasteiger charge is 2.02. The Labute approximate surface area is 119 Å².